The second kappa shape index (κ2) is 30.6. The molecule has 79 heavy (non-hydrogen) atoms. The van der Waals surface area contributed by atoms with E-state index in [2.05, 4.69) is 13.8 Å². The van der Waals surface area contributed by atoms with Crippen molar-refractivity contribution in [3.8, 4) is 0 Å². The predicted molar refractivity (Wildman–Crippen MR) is 274 cm³/mol. The van der Waals surface area contributed by atoms with Gasteiger partial charge in [0.15, 0.2) is 0 Å². The molecule has 1 aliphatic carbocycles. The minimum Gasteiger partial charge on any atom is -0.481 e. The van der Waals surface area contributed by atoms with Crippen LogP contribution in [-0.2, 0) is 43.9 Å². The van der Waals surface area contributed by atoms with Gasteiger partial charge in [-0.3, -0.25) is 29.0 Å². The van der Waals surface area contributed by atoms with Crippen LogP contribution in [0.2, 0.25) is 0 Å². The van der Waals surface area contributed by atoms with E-state index in [-0.39, 0.29) is 54.6 Å². The zero-order chi connectivity index (χ0) is 59.5. The zero-order valence-corrected chi connectivity index (χ0v) is 44.7. The molecular formula is C58H70F12N2O7. The van der Waals surface area contributed by atoms with E-state index in [0.717, 1.165) is 86.7 Å². The summed E-state index contributed by atoms with van der Waals surface area (Å²) >= 11 is 0. The average molecular weight is 1140 g/mol. The Kier molecular flexibility index (Phi) is 26.1. The second-order valence-electron chi connectivity index (χ2n) is 19.9. The van der Waals surface area contributed by atoms with Gasteiger partial charge in [-0.25, -0.2) is 0 Å². The van der Waals surface area contributed by atoms with Crippen molar-refractivity contribution in [2.45, 2.75) is 154 Å². The maximum absolute atomic E-state index is 13.3. The molecule has 0 amide bonds. The molecule has 5 rings (SSSR count). The average Bonchev–Trinajstić information content (AvgIpc) is 3.34. The number of carboxylic acid groups (broad SMARTS) is 3. The molecule has 5 unspecified atom stereocenters. The number of carboxylic acids is 3. The van der Waals surface area contributed by atoms with E-state index in [9.17, 15) is 82.1 Å². The van der Waals surface area contributed by atoms with Gasteiger partial charge in [-0.15, -0.1) is 0 Å². The largest absolute Gasteiger partial charge is 0.481 e. The molecule has 4 aromatic rings. The number of Topliss-reactive ketones (excluding diaryl/α,β-unsaturated/α-hetero) is 1. The van der Waals surface area contributed by atoms with E-state index < -0.39 is 88.8 Å². The smallest absolute Gasteiger partial charge is 0.416 e. The molecule has 0 aliphatic heterocycles. The number of carbonyl (C=O) groups excluding carboxylic acids is 1. The maximum atomic E-state index is 13.3. The molecule has 438 valence electrons. The predicted octanol–water partition coefficient (Wildman–Crippen LogP) is 16.1. The van der Waals surface area contributed by atoms with E-state index in [0.29, 0.717) is 30.7 Å². The minimum absolute atomic E-state index is 0.0462. The third-order valence-electron chi connectivity index (χ3n) is 13.8. The van der Waals surface area contributed by atoms with Crippen LogP contribution in [0.3, 0.4) is 0 Å². The van der Waals surface area contributed by atoms with Crippen LogP contribution in [0, 0.1) is 11.8 Å². The Morgan fingerprint density at radius 3 is 1.18 bits per heavy atom. The lowest BCUT2D eigenvalue weighted by Crippen LogP contribution is -2.43. The summed E-state index contributed by atoms with van der Waals surface area (Å²) in [6, 6.07) is 14.9. The Hall–Kier alpha value is -5.96. The Labute approximate surface area is 453 Å². The Morgan fingerprint density at radius 2 is 0.848 bits per heavy atom. The van der Waals surface area contributed by atoms with Crippen molar-refractivity contribution >= 4 is 23.7 Å². The fourth-order valence-corrected chi connectivity index (χ4v) is 9.21. The molecule has 0 aromatic heterocycles. The Bertz CT molecular complexity index is 2480. The topological polar surface area (TPSA) is 135 Å². The molecule has 9 nitrogen and oxygen atoms in total. The number of aliphatic carboxylic acids is 3. The number of carbonyl (C=O) groups is 4. The van der Waals surface area contributed by atoms with Crippen molar-refractivity contribution in [3.05, 3.63) is 142 Å². The van der Waals surface area contributed by atoms with Crippen LogP contribution in [0.25, 0.3) is 0 Å². The molecule has 0 saturated heterocycles. The molecule has 0 bridgehead atoms. The summed E-state index contributed by atoms with van der Waals surface area (Å²) in [6.45, 7) is 9.46. The van der Waals surface area contributed by atoms with Gasteiger partial charge in [-0.2, -0.15) is 52.7 Å². The summed E-state index contributed by atoms with van der Waals surface area (Å²) < 4.78 is 156. The lowest BCUT2D eigenvalue weighted by molar-refractivity contribution is -0.146. The van der Waals surface area contributed by atoms with E-state index in [1.165, 1.54) is 72.4 Å². The molecule has 1 fully saturated rings. The van der Waals surface area contributed by atoms with Crippen LogP contribution >= 0.6 is 0 Å². The lowest BCUT2D eigenvalue weighted by atomic mass is 9.74. The fraction of sp³-hybridized carbons (Fsp3) is 0.517. The highest BCUT2D eigenvalue weighted by molar-refractivity contribution is 5.88. The van der Waals surface area contributed by atoms with E-state index in [4.69, 9.17) is 5.11 Å². The lowest BCUT2D eigenvalue weighted by Gasteiger charge is -2.34. The van der Waals surface area contributed by atoms with Gasteiger partial charge in [0.25, 0.3) is 0 Å². The minimum atomic E-state index is -4.67. The molecular weight excluding hydrogens is 1060 g/mol. The number of nitrogens with zero attached hydrogens (tertiary/aromatic N) is 2. The van der Waals surface area contributed by atoms with E-state index in [1.54, 1.807) is 19.9 Å². The van der Waals surface area contributed by atoms with E-state index in [1.807, 2.05) is 0 Å². The van der Waals surface area contributed by atoms with Crippen molar-refractivity contribution in [2.24, 2.45) is 11.8 Å². The Balaban J connectivity index is 0.000000343. The van der Waals surface area contributed by atoms with Crippen LogP contribution in [0.15, 0.2) is 97.1 Å². The summed E-state index contributed by atoms with van der Waals surface area (Å²) in [7, 11) is 0. The zero-order valence-electron chi connectivity index (χ0n) is 44.7. The third-order valence-corrected chi connectivity index (χ3v) is 13.8. The quantitative estimate of drug-likeness (QED) is 0.0438. The molecule has 1 aliphatic rings. The highest BCUT2D eigenvalue weighted by atomic mass is 19.4. The number of alkyl halides is 12. The van der Waals surface area contributed by atoms with Crippen molar-refractivity contribution in [1.82, 2.24) is 9.80 Å². The number of hydrogen-bond acceptors (Lipinski definition) is 6. The van der Waals surface area contributed by atoms with Crippen molar-refractivity contribution < 1.29 is 87.2 Å². The SMILES string of the molecule is CC(C(=O)O)c1cccc(C(F)(F)F)c1.CCCCCC(C)CCC(C(=O)C1CCC1)c1cccc(C(F)(F)F)c1.CCCN(CCN(CCC)C(C(=O)O)c1cccc(C(F)(F)F)c1)C(C(=O)O)c1cccc(C(F)(F)F)c1. The first kappa shape index (κ1) is 67.3. The number of halogens is 12. The van der Waals surface area contributed by atoms with Crippen molar-refractivity contribution in [1.29, 1.82) is 0 Å². The maximum Gasteiger partial charge on any atom is 0.416 e. The summed E-state index contributed by atoms with van der Waals surface area (Å²) in [5.74, 6) is -4.54. The first-order valence-electron chi connectivity index (χ1n) is 26.2. The van der Waals surface area contributed by atoms with Gasteiger partial charge in [0.1, 0.15) is 17.9 Å². The normalized spacial score (nSPS) is 15.1. The van der Waals surface area contributed by atoms with Crippen molar-refractivity contribution in [3.63, 3.8) is 0 Å². The van der Waals surface area contributed by atoms with Crippen LogP contribution in [0.1, 0.15) is 174 Å². The molecule has 0 radical (unpaired) electrons. The monoisotopic (exact) mass is 1130 g/mol. The van der Waals surface area contributed by atoms with Crippen LogP contribution in [0.5, 0.6) is 0 Å². The number of hydrogen-bond donors (Lipinski definition) is 3. The summed E-state index contributed by atoms with van der Waals surface area (Å²) in [5, 5.41) is 28.5. The standard InChI is InChI=1S/C26H30F6N2O4.C22H31F3O.C10H9F3O2/c1-3-11-33(21(23(35)36)17-7-5-9-19(15-17)25(27,28)29)13-14-34(12-4-2)22(24(37)38)18-8-6-10-20(16-18)26(30,31)32;1-3-4-5-8-16(2)13-14-20(21(26)17-9-6-10-17)18-11-7-12-19(15-18)22(23,24)25;1-6(9(14)15)7-3-2-4-8(5-7)10(11,12)13/h5-10,15-16,21-22H,3-4,11-14H2,1-2H3,(H,35,36)(H,37,38);7,11-12,15-17,20H,3-6,8-10,13-14H2,1-2H3;2-6H,1H3,(H,14,15). The van der Waals surface area contributed by atoms with Gasteiger partial charge in [-0.05, 0) is 123 Å². The van der Waals surface area contributed by atoms with Gasteiger partial charge >= 0.3 is 42.6 Å². The van der Waals surface area contributed by atoms with Crippen LogP contribution < -0.4 is 0 Å². The van der Waals surface area contributed by atoms with E-state index >= 15 is 0 Å². The van der Waals surface area contributed by atoms with Crippen LogP contribution in [-0.4, -0.2) is 75.0 Å². The highest BCUT2D eigenvalue weighted by Crippen LogP contribution is 2.39. The molecule has 21 heteroatoms. The Morgan fingerprint density at radius 1 is 0.481 bits per heavy atom. The van der Waals surface area contributed by atoms with Crippen LogP contribution in [0.4, 0.5) is 52.7 Å². The molecule has 5 atom stereocenters. The molecule has 0 heterocycles. The van der Waals surface area contributed by atoms with Gasteiger partial charge in [0.2, 0.25) is 0 Å². The molecule has 3 N–H and O–H groups in total. The summed E-state index contributed by atoms with van der Waals surface area (Å²) in [5.41, 5.74) is -2.96. The molecule has 4 aromatic carbocycles. The highest BCUT2D eigenvalue weighted by Gasteiger charge is 2.38. The van der Waals surface area contributed by atoms with Crippen molar-refractivity contribution in [2.75, 3.05) is 26.2 Å². The number of rotatable bonds is 25. The third kappa shape index (κ3) is 21.2. The summed E-state index contributed by atoms with van der Waals surface area (Å²) in [4.78, 5) is 50.7. The number of unbranched alkanes of at least 4 members (excludes halogenated alkanes) is 2. The van der Waals surface area contributed by atoms with Gasteiger partial charge in [0.05, 0.1) is 28.2 Å². The molecule has 0 spiro atoms. The first-order valence-corrected chi connectivity index (χ1v) is 26.2. The first-order chi connectivity index (χ1) is 36.8. The fourth-order valence-electron chi connectivity index (χ4n) is 9.21. The molecule has 1 saturated carbocycles. The number of benzene rings is 4. The van der Waals surface area contributed by atoms with Gasteiger partial charge in [0, 0.05) is 24.9 Å². The summed E-state index contributed by atoms with van der Waals surface area (Å²) in [6.07, 6.45) is -8.17. The van der Waals surface area contributed by atoms with Gasteiger partial charge in [-0.1, -0.05) is 120 Å². The second-order valence-corrected chi connectivity index (χ2v) is 19.9. The number of ketones is 1. The van der Waals surface area contributed by atoms with Gasteiger partial charge < -0.3 is 15.3 Å².